The van der Waals surface area contributed by atoms with Gasteiger partial charge in [0.15, 0.2) is 0 Å². The molecule has 2 aromatic carbocycles. The van der Waals surface area contributed by atoms with Crippen molar-refractivity contribution in [3.8, 4) is 0 Å². The third kappa shape index (κ3) is 3.55. The van der Waals surface area contributed by atoms with Crippen LogP contribution in [0.4, 0.5) is 5.69 Å². The standard InChI is InChI=1S/C18H22ClN/c1-13(2)16(15-9-5-4-6-10-15)12-20-18-14(3)8-7-11-17(18)19/h4-11,13,16,20H,12H2,1-3H3. The molecule has 2 aromatic rings. The largest absolute Gasteiger partial charge is 0.383 e. The molecule has 0 aliphatic heterocycles. The molecule has 0 heterocycles. The fourth-order valence-electron chi connectivity index (χ4n) is 2.51. The summed E-state index contributed by atoms with van der Waals surface area (Å²) < 4.78 is 0. The first-order chi connectivity index (χ1) is 9.59. The first-order valence-corrected chi connectivity index (χ1v) is 7.51. The van der Waals surface area contributed by atoms with Gasteiger partial charge in [0.05, 0.1) is 10.7 Å². The van der Waals surface area contributed by atoms with Gasteiger partial charge in [0.25, 0.3) is 0 Å². The molecule has 1 unspecified atom stereocenters. The van der Waals surface area contributed by atoms with Crippen LogP contribution in [0.5, 0.6) is 0 Å². The Hall–Kier alpha value is -1.47. The second-order valence-corrected chi connectivity index (χ2v) is 5.98. The normalized spacial score (nSPS) is 12.4. The molecule has 0 aliphatic rings. The summed E-state index contributed by atoms with van der Waals surface area (Å²) in [5.41, 5.74) is 3.61. The maximum absolute atomic E-state index is 6.28. The number of benzene rings is 2. The van der Waals surface area contributed by atoms with Gasteiger partial charge in [-0.2, -0.15) is 0 Å². The van der Waals surface area contributed by atoms with E-state index in [4.69, 9.17) is 11.6 Å². The lowest BCUT2D eigenvalue weighted by Gasteiger charge is -2.23. The zero-order chi connectivity index (χ0) is 14.5. The molecule has 0 saturated carbocycles. The highest BCUT2D eigenvalue weighted by Crippen LogP contribution is 2.29. The molecule has 1 nitrogen and oxygen atoms in total. The number of halogens is 1. The summed E-state index contributed by atoms with van der Waals surface area (Å²) in [5, 5.41) is 4.32. The number of aryl methyl sites for hydroxylation is 1. The molecule has 0 amide bonds. The minimum absolute atomic E-state index is 0.479. The van der Waals surface area contributed by atoms with Crippen molar-refractivity contribution in [1.29, 1.82) is 0 Å². The quantitative estimate of drug-likeness (QED) is 0.765. The Labute approximate surface area is 127 Å². The number of nitrogens with one attached hydrogen (secondary N) is 1. The van der Waals surface area contributed by atoms with Gasteiger partial charge in [-0.05, 0) is 30.0 Å². The van der Waals surface area contributed by atoms with Gasteiger partial charge in [-0.1, -0.05) is 67.9 Å². The maximum Gasteiger partial charge on any atom is 0.0640 e. The summed E-state index contributed by atoms with van der Waals surface area (Å²) in [7, 11) is 0. The number of anilines is 1. The smallest absolute Gasteiger partial charge is 0.0640 e. The van der Waals surface area contributed by atoms with Crippen LogP contribution in [0.2, 0.25) is 5.02 Å². The van der Waals surface area contributed by atoms with Gasteiger partial charge in [0.1, 0.15) is 0 Å². The van der Waals surface area contributed by atoms with E-state index in [-0.39, 0.29) is 0 Å². The topological polar surface area (TPSA) is 12.0 Å². The molecule has 0 bridgehead atoms. The molecule has 2 rings (SSSR count). The Balaban J connectivity index is 2.15. The van der Waals surface area contributed by atoms with Gasteiger partial charge < -0.3 is 5.32 Å². The highest BCUT2D eigenvalue weighted by molar-refractivity contribution is 6.33. The van der Waals surface area contributed by atoms with Crippen LogP contribution in [0.25, 0.3) is 0 Å². The van der Waals surface area contributed by atoms with Crippen molar-refractivity contribution in [3.63, 3.8) is 0 Å². The van der Waals surface area contributed by atoms with E-state index in [0.29, 0.717) is 11.8 Å². The first kappa shape index (κ1) is 14.9. The Morgan fingerprint density at radius 2 is 1.70 bits per heavy atom. The summed E-state index contributed by atoms with van der Waals surface area (Å²) in [6, 6.07) is 16.7. The Morgan fingerprint density at radius 1 is 1.00 bits per heavy atom. The molecule has 0 aliphatic carbocycles. The minimum atomic E-state index is 0.479. The molecule has 0 fully saturated rings. The fourth-order valence-corrected chi connectivity index (χ4v) is 2.80. The predicted molar refractivity (Wildman–Crippen MR) is 88.7 cm³/mol. The van der Waals surface area contributed by atoms with Crippen molar-refractivity contribution >= 4 is 17.3 Å². The van der Waals surface area contributed by atoms with Gasteiger partial charge >= 0.3 is 0 Å². The van der Waals surface area contributed by atoms with E-state index >= 15 is 0 Å². The maximum atomic E-state index is 6.28. The average molecular weight is 288 g/mol. The van der Waals surface area contributed by atoms with Gasteiger partial charge in [-0.15, -0.1) is 0 Å². The Bertz CT molecular complexity index is 528. The van der Waals surface area contributed by atoms with Gasteiger partial charge in [-0.25, -0.2) is 0 Å². The second kappa shape index (κ2) is 6.81. The molecule has 106 valence electrons. The van der Waals surface area contributed by atoms with Crippen molar-refractivity contribution in [1.82, 2.24) is 0 Å². The van der Waals surface area contributed by atoms with Crippen LogP contribution in [0, 0.1) is 12.8 Å². The summed E-state index contributed by atoms with van der Waals surface area (Å²) in [6.07, 6.45) is 0. The van der Waals surface area contributed by atoms with Crippen LogP contribution < -0.4 is 5.32 Å². The average Bonchev–Trinajstić information content (AvgIpc) is 2.43. The number of rotatable bonds is 5. The van der Waals surface area contributed by atoms with Crippen LogP contribution in [-0.2, 0) is 0 Å². The van der Waals surface area contributed by atoms with Crippen molar-refractivity contribution < 1.29 is 0 Å². The van der Waals surface area contributed by atoms with E-state index in [0.717, 1.165) is 17.3 Å². The van der Waals surface area contributed by atoms with Crippen LogP contribution in [0.3, 0.4) is 0 Å². The monoisotopic (exact) mass is 287 g/mol. The van der Waals surface area contributed by atoms with Crippen molar-refractivity contribution in [2.75, 3.05) is 11.9 Å². The SMILES string of the molecule is Cc1cccc(Cl)c1NCC(c1ccccc1)C(C)C. The molecule has 0 spiro atoms. The minimum Gasteiger partial charge on any atom is -0.383 e. The third-order valence-corrected chi connectivity index (χ3v) is 4.07. The summed E-state index contributed by atoms with van der Waals surface area (Å²) in [4.78, 5) is 0. The van der Waals surface area contributed by atoms with Crippen molar-refractivity contribution in [3.05, 3.63) is 64.7 Å². The Kier molecular flexibility index (Phi) is 5.08. The third-order valence-electron chi connectivity index (χ3n) is 3.75. The zero-order valence-corrected chi connectivity index (χ0v) is 13.1. The lowest BCUT2D eigenvalue weighted by molar-refractivity contribution is 0.517. The van der Waals surface area contributed by atoms with Crippen LogP contribution >= 0.6 is 11.6 Å². The molecule has 0 aromatic heterocycles. The summed E-state index contributed by atoms with van der Waals surface area (Å²) >= 11 is 6.28. The predicted octanol–water partition coefficient (Wildman–Crippen LogP) is 5.50. The number of hydrogen-bond donors (Lipinski definition) is 1. The molecule has 1 atom stereocenters. The Morgan fingerprint density at radius 3 is 2.30 bits per heavy atom. The van der Waals surface area contributed by atoms with Crippen LogP contribution in [0.15, 0.2) is 48.5 Å². The molecule has 2 heteroatoms. The second-order valence-electron chi connectivity index (χ2n) is 5.57. The van der Waals surface area contributed by atoms with E-state index in [1.165, 1.54) is 11.1 Å². The lowest BCUT2D eigenvalue weighted by atomic mass is 9.88. The van der Waals surface area contributed by atoms with Crippen LogP contribution in [0.1, 0.15) is 30.9 Å². The van der Waals surface area contributed by atoms with E-state index < -0.39 is 0 Å². The van der Waals surface area contributed by atoms with Crippen molar-refractivity contribution in [2.24, 2.45) is 5.92 Å². The summed E-state index contributed by atoms with van der Waals surface area (Å²) in [5.74, 6) is 1.06. The van der Waals surface area contributed by atoms with E-state index in [9.17, 15) is 0 Å². The zero-order valence-electron chi connectivity index (χ0n) is 12.4. The molecule has 0 radical (unpaired) electrons. The number of hydrogen-bond acceptors (Lipinski definition) is 1. The molecule has 20 heavy (non-hydrogen) atoms. The first-order valence-electron chi connectivity index (χ1n) is 7.13. The van der Waals surface area contributed by atoms with Crippen molar-refractivity contribution in [2.45, 2.75) is 26.7 Å². The lowest BCUT2D eigenvalue weighted by Crippen LogP contribution is -2.18. The van der Waals surface area contributed by atoms with E-state index in [1.807, 2.05) is 12.1 Å². The van der Waals surface area contributed by atoms with Gasteiger partial charge in [-0.3, -0.25) is 0 Å². The van der Waals surface area contributed by atoms with E-state index in [1.54, 1.807) is 0 Å². The molecular formula is C18H22ClN. The van der Waals surface area contributed by atoms with Crippen LogP contribution in [-0.4, -0.2) is 6.54 Å². The molecular weight excluding hydrogens is 266 g/mol. The molecule has 0 saturated heterocycles. The number of para-hydroxylation sites is 1. The fraction of sp³-hybridized carbons (Fsp3) is 0.333. The van der Waals surface area contributed by atoms with Gasteiger partial charge in [0, 0.05) is 12.5 Å². The summed E-state index contributed by atoms with van der Waals surface area (Å²) in [6.45, 7) is 7.50. The van der Waals surface area contributed by atoms with E-state index in [2.05, 4.69) is 62.5 Å². The molecule has 1 N–H and O–H groups in total. The highest BCUT2D eigenvalue weighted by Gasteiger charge is 2.16. The highest BCUT2D eigenvalue weighted by atomic mass is 35.5. The van der Waals surface area contributed by atoms with Gasteiger partial charge in [0.2, 0.25) is 0 Å².